The molecule has 1 aromatic rings. The number of nitrogens with zero attached hydrogens (tertiary/aromatic N) is 1. The molecule has 1 heterocycles. The molecule has 1 aliphatic carbocycles. The van der Waals surface area contributed by atoms with Crippen LogP contribution in [0.4, 0.5) is 0 Å². The molecule has 2 nitrogen and oxygen atoms in total. The maximum Gasteiger partial charge on any atom is 0.165 e. The Kier molecular flexibility index (Phi) is 3.16. The first-order chi connectivity index (χ1) is 8.23. The number of ketones is 1. The van der Waals surface area contributed by atoms with Gasteiger partial charge in [-0.1, -0.05) is 27.7 Å². The van der Waals surface area contributed by atoms with E-state index in [0.29, 0.717) is 24.2 Å². The Morgan fingerprint density at radius 1 is 1.22 bits per heavy atom. The zero-order valence-corrected chi connectivity index (χ0v) is 12.5. The first-order valence-corrected chi connectivity index (χ1v) is 6.97. The summed E-state index contributed by atoms with van der Waals surface area (Å²) in [5, 5.41) is 0. The van der Waals surface area contributed by atoms with Gasteiger partial charge in [0.2, 0.25) is 0 Å². The van der Waals surface area contributed by atoms with Crippen LogP contribution >= 0.6 is 0 Å². The highest BCUT2D eigenvalue weighted by Gasteiger charge is 2.34. The Bertz CT molecular complexity index is 480. The van der Waals surface area contributed by atoms with E-state index in [0.717, 1.165) is 12.0 Å². The van der Waals surface area contributed by atoms with Gasteiger partial charge < -0.3 is 4.57 Å². The fourth-order valence-corrected chi connectivity index (χ4v) is 3.04. The Morgan fingerprint density at radius 3 is 2.39 bits per heavy atom. The maximum atomic E-state index is 12.2. The third-order valence-electron chi connectivity index (χ3n) is 4.29. The van der Waals surface area contributed by atoms with Gasteiger partial charge in [0.1, 0.15) is 0 Å². The van der Waals surface area contributed by atoms with Gasteiger partial charge >= 0.3 is 0 Å². The summed E-state index contributed by atoms with van der Waals surface area (Å²) in [5.41, 5.74) is 3.56. The van der Waals surface area contributed by atoms with Crippen LogP contribution in [0.5, 0.6) is 0 Å². The van der Waals surface area contributed by atoms with Gasteiger partial charge in [-0.05, 0) is 37.7 Å². The van der Waals surface area contributed by atoms with Crippen molar-refractivity contribution in [2.45, 2.75) is 60.4 Å². The van der Waals surface area contributed by atoms with Crippen molar-refractivity contribution in [3.8, 4) is 0 Å². The van der Waals surface area contributed by atoms with Gasteiger partial charge in [0.05, 0.1) is 0 Å². The molecule has 0 N–H and O–H groups in total. The predicted molar refractivity (Wildman–Crippen MR) is 75.2 cm³/mol. The second kappa shape index (κ2) is 4.25. The monoisotopic (exact) mass is 247 g/mol. The number of hydrogen-bond acceptors (Lipinski definition) is 1. The molecule has 0 amide bonds. The van der Waals surface area contributed by atoms with Crippen LogP contribution in [0.2, 0.25) is 0 Å². The lowest BCUT2D eigenvalue weighted by molar-refractivity contribution is 0.0909. The number of rotatable bonds is 2. The lowest BCUT2D eigenvalue weighted by atomic mass is 9.76. The second-order valence-electron chi connectivity index (χ2n) is 6.94. The first kappa shape index (κ1) is 13.4. The summed E-state index contributed by atoms with van der Waals surface area (Å²) in [7, 11) is 0. The topological polar surface area (TPSA) is 22.0 Å². The molecule has 0 saturated heterocycles. The number of carbonyl (C=O) groups excluding carboxylic acids is 1. The first-order valence-electron chi connectivity index (χ1n) is 6.97. The summed E-state index contributed by atoms with van der Waals surface area (Å²) in [4.78, 5) is 12.2. The summed E-state index contributed by atoms with van der Waals surface area (Å²) in [6, 6.07) is 2.54. The highest BCUT2D eigenvalue weighted by Crippen LogP contribution is 2.38. The minimum atomic E-state index is 0.101. The number of carbonyl (C=O) groups is 1. The Morgan fingerprint density at radius 2 is 1.83 bits per heavy atom. The highest BCUT2D eigenvalue weighted by atomic mass is 16.1. The summed E-state index contributed by atoms with van der Waals surface area (Å²) in [6.45, 7) is 13.3. The molecule has 18 heavy (non-hydrogen) atoms. The van der Waals surface area contributed by atoms with Crippen LogP contribution in [-0.4, -0.2) is 10.4 Å². The van der Waals surface area contributed by atoms with Crippen LogP contribution in [0.15, 0.2) is 6.07 Å². The molecule has 0 aliphatic heterocycles. The quantitative estimate of drug-likeness (QED) is 0.769. The summed E-state index contributed by atoms with van der Waals surface area (Å²) in [6.07, 6.45) is 1.69. The lowest BCUT2D eigenvalue weighted by Crippen LogP contribution is -2.29. The van der Waals surface area contributed by atoms with E-state index in [4.69, 9.17) is 0 Å². The third-order valence-corrected chi connectivity index (χ3v) is 4.29. The smallest absolute Gasteiger partial charge is 0.165 e. The van der Waals surface area contributed by atoms with Crippen LogP contribution < -0.4 is 0 Å². The van der Waals surface area contributed by atoms with Crippen molar-refractivity contribution < 1.29 is 4.79 Å². The van der Waals surface area contributed by atoms with E-state index in [-0.39, 0.29) is 5.41 Å². The fraction of sp³-hybridized carbons (Fsp3) is 0.688. The van der Waals surface area contributed by atoms with Crippen LogP contribution in [0, 0.1) is 18.3 Å². The summed E-state index contributed by atoms with van der Waals surface area (Å²) >= 11 is 0. The van der Waals surface area contributed by atoms with E-state index in [1.54, 1.807) is 0 Å². The molecule has 1 aliphatic rings. The van der Waals surface area contributed by atoms with E-state index < -0.39 is 0 Å². The van der Waals surface area contributed by atoms with Crippen molar-refractivity contribution in [3.63, 3.8) is 0 Å². The van der Waals surface area contributed by atoms with Crippen LogP contribution in [0.1, 0.15) is 68.8 Å². The normalized spacial score (nSPS) is 20.1. The molecule has 2 rings (SSSR count). The Balaban J connectivity index is 2.54. The number of aryl methyl sites for hydroxylation is 1. The minimum absolute atomic E-state index is 0.101. The third kappa shape index (κ3) is 2.13. The van der Waals surface area contributed by atoms with Crippen molar-refractivity contribution in [1.82, 2.24) is 4.57 Å². The second-order valence-corrected chi connectivity index (χ2v) is 6.94. The van der Waals surface area contributed by atoms with Crippen molar-refractivity contribution in [1.29, 1.82) is 0 Å². The van der Waals surface area contributed by atoms with Crippen LogP contribution in [0.25, 0.3) is 0 Å². The summed E-state index contributed by atoms with van der Waals surface area (Å²) < 4.78 is 2.39. The molecule has 0 saturated carbocycles. The summed E-state index contributed by atoms with van der Waals surface area (Å²) in [5.74, 6) is 0.902. The number of Topliss-reactive ketones (excluding diaryl/α,β-unsaturated/α-hetero) is 1. The zero-order chi connectivity index (χ0) is 13.7. The molecule has 2 heteroatoms. The molecule has 1 unspecified atom stereocenters. The van der Waals surface area contributed by atoms with Crippen molar-refractivity contribution in [3.05, 3.63) is 23.0 Å². The van der Waals surface area contributed by atoms with E-state index >= 15 is 0 Å². The minimum Gasteiger partial charge on any atom is -0.345 e. The maximum absolute atomic E-state index is 12.2. The molecule has 100 valence electrons. The van der Waals surface area contributed by atoms with Gasteiger partial charge in [0.15, 0.2) is 5.78 Å². The Hall–Kier alpha value is -1.05. The van der Waals surface area contributed by atoms with Crippen LogP contribution in [-0.2, 0) is 6.42 Å². The van der Waals surface area contributed by atoms with Gasteiger partial charge in [-0.15, -0.1) is 0 Å². The Labute approximate surface area is 110 Å². The van der Waals surface area contributed by atoms with Gasteiger partial charge in [0.25, 0.3) is 0 Å². The van der Waals surface area contributed by atoms with E-state index in [1.807, 2.05) is 0 Å². The van der Waals surface area contributed by atoms with Gasteiger partial charge in [-0.3, -0.25) is 4.79 Å². The molecule has 0 spiro atoms. The van der Waals surface area contributed by atoms with E-state index in [2.05, 4.69) is 52.2 Å². The van der Waals surface area contributed by atoms with Gasteiger partial charge in [0, 0.05) is 29.4 Å². The molecular formula is C16H25NO. The van der Waals surface area contributed by atoms with Gasteiger partial charge in [-0.2, -0.15) is 0 Å². The fourth-order valence-electron chi connectivity index (χ4n) is 3.04. The number of fused-ring (bicyclic) bond motifs is 1. The van der Waals surface area contributed by atoms with E-state index in [1.165, 1.54) is 11.4 Å². The largest absolute Gasteiger partial charge is 0.345 e. The SMILES string of the molecule is Cc1cc2c(n1C(C)C(C)C)CC(C)(C)CC2=O. The predicted octanol–water partition coefficient (Wildman–Crippen LogP) is 4.17. The van der Waals surface area contributed by atoms with Gasteiger partial charge in [-0.25, -0.2) is 0 Å². The molecule has 1 atom stereocenters. The zero-order valence-electron chi connectivity index (χ0n) is 12.5. The number of aromatic nitrogens is 1. The molecule has 0 bridgehead atoms. The number of hydrogen-bond donors (Lipinski definition) is 0. The van der Waals surface area contributed by atoms with E-state index in [9.17, 15) is 4.79 Å². The lowest BCUT2D eigenvalue weighted by Gasteiger charge is -2.32. The molecule has 0 aromatic carbocycles. The van der Waals surface area contributed by atoms with Crippen molar-refractivity contribution >= 4 is 5.78 Å². The van der Waals surface area contributed by atoms with Crippen molar-refractivity contribution in [2.75, 3.05) is 0 Å². The van der Waals surface area contributed by atoms with Crippen LogP contribution in [0.3, 0.4) is 0 Å². The molecule has 1 aromatic heterocycles. The van der Waals surface area contributed by atoms with Crippen molar-refractivity contribution in [2.24, 2.45) is 11.3 Å². The average molecular weight is 247 g/mol. The molecule has 0 radical (unpaired) electrons. The molecular weight excluding hydrogens is 222 g/mol. The highest BCUT2D eigenvalue weighted by molar-refractivity contribution is 5.99. The standard InChI is InChI=1S/C16H25NO/c1-10(2)12(4)17-11(3)7-13-14(17)8-16(5,6)9-15(13)18/h7,10,12H,8-9H2,1-6H3. The average Bonchev–Trinajstić information content (AvgIpc) is 2.52. The molecule has 0 fully saturated rings.